The Labute approximate surface area is 98.2 Å². The highest BCUT2D eigenvalue weighted by molar-refractivity contribution is 5.49. The van der Waals surface area contributed by atoms with Crippen molar-refractivity contribution in [1.82, 2.24) is 15.1 Å². The van der Waals surface area contributed by atoms with E-state index in [1.807, 2.05) is 13.0 Å². The van der Waals surface area contributed by atoms with Gasteiger partial charge >= 0.3 is 0 Å². The Hall–Kier alpha value is -2.13. The standard InChI is InChI=1S/C11H12N4O2/c1-2-5-16-7-10-14-11(17-15-10)9-4-3-8(6-12)13-9/h3-4,13H,2,5,7H2,1H3. The van der Waals surface area contributed by atoms with Gasteiger partial charge in [0, 0.05) is 6.61 Å². The zero-order valence-electron chi connectivity index (χ0n) is 9.43. The molecule has 0 aliphatic rings. The second-order valence-corrected chi connectivity index (χ2v) is 3.47. The Morgan fingerprint density at radius 2 is 2.41 bits per heavy atom. The molecule has 0 aromatic carbocycles. The van der Waals surface area contributed by atoms with Crippen molar-refractivity contribution in [3.63, 3.8) is 0 Å². The van der Waals surface area contributed by atoms with E-state index in [9.17, 15) is 0 Å². The van der Waals surface area contributed by atoms with E-state index in [4.69, 9.17) is 14.5 Å². The summed E-state index contributed by atoms with van der Waals surface area (Å²) in [6.45, 7) is 3.04. The molecular weight excluding hydrogens is 220 g/mol. The van der Waals surface area contributed by atoms with Gasteiger partial charge in [-0.3, -0.25) is 0 Å². The first-order valence-corrected chi connectivity index (χ1v) is 5.33. The van der Waals surface area contributed by atoms with Gasteiger partial charge in [0.1, 0.15) is 24.1 Å². The van der Waals surface area contributed by atoms with Crippen LogP contribution in [0.5, 0.6) is 0 Å². The summed E-state index contributed by atoms with van der Waals surface area (Å²) in [5, 5.41) is 12.5. The normalized spacial score (nSPS) is 10.4. The lowest BCUT2D eigenvalue weighted by molar-refractivity contribution is 0.114. The summed E-state index contributed by atoms with van der Waals surface area (Å²) in [4.78, 5) is 7.02. The Bertz CT molecular complexity index is 524. The molecule has 0 bridgehead atoms. The molecule has 0 aliphatic heterocycles. The molecule has 0 saturated carbocycles. The molecule has 0 aliphatic carbocycles. The molecule has 2 heterocycles. The van der Waals surface area contributed by atoms with Crippen LogP contribution in [0.2, 0.25) is 0 Å². The smallest absolute Gasteiger partial charge is 0.274 e. The molecule has 2 aromatic rings. The third kappa shape index (κ3) is 2.71. The Kier molecular flexibility index (Phi) is 3.52. The van der Waals surface area contributed by atoms with Crippen molar-refractivity contribution in [2.45, 2.75) is 20.0 Å². The minimum atomic E-state index is 0.336. The molecule has 0 fully saturated rings. The highest BCUT2D eigenvalue weighted by atomic mass is 16.5. The molecule has 0 radical (unpaired) electrons. The molecule has 0 atom stereocenters. The van der Waals surface area contributed by atoms with E-state index in [2.05, 4.69) is 15.1 Å². The second kappa shape index (κ2) is 5.27. The number of rotatable bonds is 5. The van der Waals surface area contributed by atoms with Crippen molar-refractivity contribution in [3.05, 3.63) is 23.7 Å². The molecule has 0 saturated heterocycles. The minimum absolute atomic E-state index is 0.336. The van der Waals surface area contributed by atoms with E-state index in [0.717, 1.165) is 6.42 Å². The van der Waals surface area contributed by atoms with Gasteiger partial charge in [-0.15, -0.1) is 0 Å². The van der Waals surface area contributed by atoms with Crippen molar-refractivity contribution in [2.75, 3.05) is 6.61 Å². The molecule has 2 rings (SSSR count). The van der Waals surface area contributed by atoms with Crippen molar-refractivity contribution in [1.29, 1.82) is 5.26 Å². The van der Waals surface area contributed by atoms with Crippen LogP contribution in [-0.4, -0.2) is 21.7 Å². The predicted molar refractivity (Wildman–Crippen MR) is 58.7 cm³/mol. The first-order chi connectivity index (χ1) is 8.33. The molecule has 0 amide bonds. The van der Waals surface area contributed by atoms with Crippen LogP contribution in [0.15, 0.2) is 16.7 Å². The fourth-order valence-electron chi connectivity index (χ4n) is 1.31. The lowest BCUT2D eigenvalue weighted by atomic mass is 10.4. The second-order valence-electron chi connectivity index (χ2n) is 3.47. The fraction of sp³-hybridized carbons (Fsp3) is 0.364. The lowest BCUT2D eigenvalue weighted by Crippen LogP contribution is -1.95. The predicted octanol–water partition coefficient (Wildman–Crippen LogP) is 1.86. The average molecular weight is 232 g/mol. The van der Waals surface area contributed by atoms with Crippen LogP contribution in [-0.2, 0) is 11.3 Å². The number of aromatic nitrogens is 3. The topological polar surface area (TPSA) is 87.7 Å². The van der Waals surface area contributed by atoms with E-state index in [1.165, 1.54) is 0 Å². The molecule has 0 unspecified atom stereocenters. The van der Waals surface area contributed by atoms with Crippen LogP contribution in [0.25, 0.3) is 11.6 Å². The maximum Gasteiger partial charge on any atom is 0.274 e. The molecular formula is C11H12N4O2. The summed E-state index contributed by atoms with van der Waals surface area (Å²) >= 11 is 0. The van der Waals surface area contributed by atoms with Gasteiger partial charge in [-0.2, -0.15) is 10.2 Å². The monoisotopic (exact) mass is 232 g/mol. The Morgan fingerprint density at radius 3 is 3.12 bits per heavy atom. The Morgan fingerprint density at radius 1 is 1.53 bits per heavy atom. The maximum absolute atomic E-state index is 8.68. The summed E-state index contributed by atoms with van der Waals surface area (Å²) in [6.07, 6.45) is 0.951. The number of nitriles is 1. The van der Waals surface area contributed by atoms with Crippen LogP contribution in [0.3, 0.4) is 0 Å². The molecule has 2 aromatic heterocycles. The number of H-pyrrole nitrogens is 1. The molecule has 6 heteroatoms. The summed E-state index contributed by atoms with van der Waals surface area (Å²) in [5.74, 6) is 0.864. The Balaban J connectivity index is 2.05. The first-order valence-electron chi connectivity index (χ1n) is 5.33. The minimum Gasteiger partial charge on any atom is -0.373 e. The third-order valence-electron chi connectivity index (χ3n) is 2.08. The largest absolute Gasteiger partial charge is 0.373 e. The fourth-order valence-corrected chi connectivity index (χ4v) is 1.31. The number of hydrogen-bond donors (Lipinski definition) is 1. The number of nitrogens with one attached hydrogen (secondary N) is 1. The van der Waals surface area contributed by atoms with Crippen molar-refractivity contribution >= 4 is 0 Å². The van der Waals surface area contributed by atoms with E-state index in [0.29, 0.717) is 36.3 Å². The summed E-state index contributed by atoms with van der Waals surface area (Å²) in [7, 11) is 0. The molecule has 6 nitrogen and oxygen atoms in total. The number of aromatic amines is 1. The van der Waals surface area contributed by atoms with Crippen LogP contribution in [0, 0.1) is 11.3 Å². The summed E-state index contributed by atoms with van der Waals surface area (Å²) in [5.41, 5.74) is 1.10. The zero-order chi connectivity index (χ0) is 12.1. The van der Waals surface area contributed by atoms with Crippen LogP contribution < -0.4 is 0 Å². The maximum atomic E-state index is 8.68. The van der Waals surface area contributed by atoms with Gasteiger partial charge in [-0.25, -0.2) is 0 Å². The highest BCUT2D eigenvalue weighted by Gasteiger charge is 2.10. The van der Waals surface area contributed by atoms with Crippen molar-refractivity contribution < 1.29 is 9.26 Å². The van der Waals surface area contributed by atoms with Crippen LogP contribution in [0.1, 0.15) is 24.9 Å². The molecule has 1 N–H and O–H groups in total. The summed E-state index contributed by atoms with van der Waals surface area (Å²) in [6, 6.07) is 5.38. The van der Waals surface area contributed by atoms with E-state index < -0.39 is 0 Å². The molecule has 17 heavy (non-hydrogen) atoms. The number of hydrogen-bond acceptors (Lipinski definition) is 5. The van der Waals surface area contributed by atoms with Gasteiger partial charge in [-0.1, -0.05) is 12.1 Å². The molecule has 0 spiro atoms. The van der Waals surface area contributed by atoms with E-state index >= 15 is 0 Å². The highest BCUT2D eigenvalue weighted by Crippen LogP contribution is 2.16. The van der Waals surface area contributed by atoms with Gasteiger partial charge in [0.05, 0.1) is 0 Å². The molecule has 88 valence electrons. The van der Waals surface area contributed by atoms with E-state index in [-0.39, 0.29) is 0 Å². The van der Waals surface area contributed by atoms with Gasteiger partial charge in [0.25, 0.3) is 5.89 Å². The van der Waals surface area contributed by atoms with Crippen LogP contribution >= 0.6 is 0 Å². The van der Waals surface area contributed by atoms with Crippen molar-refractivity contribution in [3.8, 4) is 17.7 Å². The quantitative estimate of drug-likeness (QED) is 0.795. The van der Waals surface area contributed by atoms with Crippen LogP contribution in [0.4, 0.5) is 0 Å². The first kappa shape index (κ1) is 11.4. The lowest BCUT2D eigenvalue weighted by Gasteiger charge is -1.95. The average Bonchev–Trinajstić information content (AvgIpc) is 2.97. The number of nitrogens with zero attached hydrogens (tertiary/aromatic N) is 3. The zero-order valence-corrected chi connectivity index (χ0v) is 9.43. The van der Waals surface area contributed by atoms with Gasteiger partial charge in [0.2, 0.25) is 0 Å². The van der Waals surface area contributed by atoms with Gasteiger partial charge in [-0.05, 0) is 18.6 Å². The van der Waals surface area contributed by atoms with E-state index in [1.54, 1.807) is 12.1 Å². The van der Waals surface area contributed by atoms with Crippen molar-refractivity contribution in [2.24, 2.45) is 0 Å². The van der Waals surface area contributed by atoms with Gasteiger partial charge < -0.3 is 14.2 Å². The third-order valence-corrected chi connectivity index (χ3v) is 2.08. The SMILES string of the molecule is CCCOCc1noc(-c2ccc(C#N)[nH]2)n1. The number of ether oxygens (including phenoxy) is 1. The summed E-state index contributed by atoms with van der Waals surface area (Å²) < 4.78 is 10.4. The van der Waals surface area contributed by atoms with Gasteiger partial charge in [0.15, 0.2) is 5.82 Å².